The minimum Gasteiger partial charge on any atom is -0.368 e. The second kappa shape index (κ2) is 9.15. The van der Waals surface area contributed by atoms with Gasteiger partial charge in [-0.2, -0.15) is 0 Å². The Morgan fingerprint density at radius 1 is 1.00 bits per heavy atom. The lowest BCUT2D eigenvalue weighted by molar-refractivity contribution is -0.131. The highest BCUT2D eigenvalue weighted by Crippen LogP contribution is 2.15. The van der Waals surface area contributed by atoms with Crippen molar-refractivity contribution >= 4 is 17.5 Å². The average Bonchev–Trinajstić information content (AvgIpc) is 2.60. The first kappa shape index (κ1) is 17.3. The van der Waals surface area contributed by atoms with Gasteiger partial charge in [-0.05, 0) is 19.2 Å². The maximum Gasteiger partial charge on any atom is 0.224 e. The molecule has 6 heteroatoms. The number of nitrogens with one attached hydrogen (secondary N) is 2. The van der Waals surface area contributed by atoms with E-state index in [1.54, 1.807) is 0 Å². The molecule has 1 saturated heterocycles. The molecule has 6 nitrogen and oxygen atoms in total. The molecule has 0 saturated carbocycles. The summed E-state index contributed by atoms with van der Waals surface area (Å²) in [6, 6.07) is 10.3. The van der Waals surface area contributed by atoms with E-state index in [-0.39, 0.29) is 11.8 Å². The first-order valence-corrected chi connectivity index (χ1v) is 8.20. The van der Waals surface area contributed by atoms with Gasteiger partial charge in [0.05, 0.1) is 0 Å². The first-order valence-electron chi connectivity index (χ1n) is 8.20. The third kappa shape index (κ3) is 5.56. The lowest BCUT2D eigenvalue weighted by Crippen LogP contribution is -2.49. The molecule has 1 aliphatic heterocycles. The van der Waals surface area contributed by atoms with Gasteiger partial charge in [-0.25, -0.2) is 0 Å². The van der Waals surface area contributed by atoms with Crippen molar-refractivity contribution in [1.29, 1.82) is 0 Å². The molecule has 0 aromatic heterocycles. The van der Waals surface area contributed by atoms with Gasteiger partial charge in [0.2, 0.25) is 11.8 Å². The van der Waals surface area contributed by atoms with E-state index in [2.05, 4.69) is 27.7 Å². The lowest BCUT2D eigenvalue weighted by Gasteiger charge is -2.36. The fraction of sp³-hybridized carbons (Fsp3) is 0.529. The van der Waals surface area contributed by atoms with Crippen LogP contribution in [0.1, 0.15) is 12.8 Å². The van der Waals surface area contributed by atoms with Crippen LogP contribution in [0, 0.1) is 0 Å². The minimum atomic E-state index is -0.0129. The van der Waals surface area contributed by atoms with Crippen molar-refractivity contribution in [2.75, 3.05) is 51.2 Å². The second-order valence-corrected chi connectivity index (χ2v) is 5.66. The lowest BCUT2D eigenvalue weighted by atomic mass is 10.2. The first-order chi connectivity index (χ1) is 11.2. The van der Waals surface area contributed by atoms with Gasteiger partial charge in [0.25, 0.3) is 0 Å². The van der Waals surface area contributed by atoms with Gasteiger partial charge in [0.15, 0.2) is 0 Å². The highest BCUT2D eigenvalue weighted by molar-refractivity contribution is 5.79. The third-order valence-corrected chi connectivity index (χ3v) is 4.02. The maximum atomic E-state index is 12.2. The Labute approximate surface area is 137 Å². The van der Waals surface area contributed by atoms with E-state index in [0.29, 0.717) is 25.9 Å². The standard InChI is InChI=1S/C17H26N4O2/c1-18-9-7-16(22)19-10-8-17(23)21-13-11-20(12-14-21)15-5-3-2-4-6-15/h2-6,18H,7-14H2,1H3,(H,19,22). The Kier molecular flexibility index (Phi) is 6.87. The smallest absolute Gasteiger partial charge is 0.224 e. The van der Waals surface area contributed by atoms with Crippen molar-refractivity contribution in [2.45, 2.75) is 12.8 Å². The van der Waals surface area contributed by atoms with Crippen LogP contribution in [0.5, 0.6) is 0 Å². The summed E-state index contributed by atoms with van der Waals surface area (Å²) in [4.78, 5) is 27.8. The summed E-state index contributed by atoms with van der Waals surface area (Å²) in [7, 11) is 1.81. The number of carbonyl (C=O) groups excluding carboxylic acids is 2. The Bertz CT molecular complexity index is 499. The molecule has 2 N–H and O–H groups in total. The molecular formula is C17H26N4O2. The van der Waals surface area contributed by atoms with Gasteiger partial charge in [0.1, 0.15) is 0 Å². The van der Waals surface area contributed by atoms with Crippen molar-refractivity contribution in [3.63, 3.8) is 0 Å². The highest BCUT2D eigenvalue weighted by atomic mass is 16.2. The van der Waals surface area contributed by atoms with E-state index >= 15 is 0 Å². The molecule has 1 heterocycles. The Hall–Kier alpha value is -2.08. The van der Waals surface area contributed by atoms with Gasteiger partial charge in [0, 0.05) is 57.8 Å². The topological polar surface area (TPSA) is 64.7 Å². The maximum absolute atomic E-state index is 12.2. The van der Waals surface area contributed by atoms with Gasteiger partial charge in [-0.1, -0.05) is 18.2 Å². The number of anilines is 1. The van der Waals surface area contributed by atoms with E-state index in [4.69, 9.17) is 0 Å². The van der Waals surface area contributed by atoms with E-state index in [0.717, 1.165) is 26.2 Å². The fourth-order valence-electron chi connectivity index (χ4n) is 2.65. The number of piperazine rings is 1. The van der Waals surface area contributed by atoms with Crippen LogP contribution < -0.4 is 15.5 Å². The monoisotopic (exact) mass is 318 g/mol. The van der Waals surface area contributed by atoms with Crippen molar-refractivity contribution in [3.05, 3.63) is 30.3 Å². The molecule has 1 aromatic rings. The fourth-order valence-corrected chi connectivity index (χ4v) is 2.65. The molecule has 0 aliphatic carbocycles. The van der Waals surface area contributed by atoms with E-state index in [1.165, 1.54) is 5.69 Å². The Balaban J connectivity index is 1.66. The van der Waals surface area contributed by atoms with E-state index in [1.807, 2.05) is 30.1 Å². The molecule has 0 bridgehead atoms. The molecule has 23 heavy (non-hydrogen) atoms. The van der Waals surface area contributed by atoms with E-state index in [9.17, 15) is 9.59 Å². The van der Waals surface area contributed by atoms with Gasteiger partial charge in [-0.15, -0.1) is 0 Å². The number of nitrogens with zero attached hydrogens (tertiary/aromatic N) is 2. The number of benzene rings is 1. The van der Waals surface area contributed by atoms with Gasteiger partial charge >= 0.3 is 0 Å². The molecule has 2 amide bonds. The molecule has 1 aromatic carbocycles. The highest BCUT2D eigenvalue weighted by Gasteiger charge is 2.20. The summed E-state index contributed by atoms with van der Waals surface area (Å²) in [5.41, 5.74) is 1.20. The van der Waals surface area contributed by atoms with Crippen molar-refractivity contribution in [2.24, 2.45) is 0 Å². The summed E-state index contributed by atoms with van der Waals surface area (Å²) in [6.45, 7) is 4.25. The average molecular weight is 318 g/mol. The number of amides is 2. The quantitative estimate of drug-likeness (QED) is 0.766. The van der Waals surface area contributed by atoms with Crippen LogP contribution in [-0.4, -0.2) is 63.0 Å². The third-order valence-electron chi connectivity index (χ3n) is 4.02. The summed E-state index contributed by atoms with van der Waals surface area (Å²) < 4.78 is 0. The van der Waals surface area contributed by atoms with Crippen molar-refractivity contribution < 1.29 is 9.59 Å². The molecule has 1 fully saturated rings. The zero-order chi connectivity index (χ0) is 16.5. The van der Waals surface area contributed by atoms with Crippen LogP contribution >= 0.6 is 0 Å². The summed E-state index contributed by atoms with van der Waals surface area (Å²) >= 11 is 0. The molecule has 0 unspecified atom stereocenters. The van der Waals surface area contributed by atoms with Crippen LogP contribution in [-0.2, 0) is 9.59 Å². The van der Waals surface area contributed by atoms with Crippen LogP contribution in [0.3, 0.4) is 0 Å². The number of carbonyl (C=O) groups is 2. The molecule has 2 rings (SSSR count). The van der Waals surface area contributed by atoms with Crippen molar-refractivity contribution in [3.8, 4) is 0 Å². The Morgan fingerprint density at radius 2 is 1.70 bits per heavy atom. The number of hydrogen-bond acceptors (Lipinski definition) is 4. The SMILES string of the molecule is CNCCC(=O)NCCC(=O)N1CCN(c2ccccc2)CC1. The van der Waals surface area contributed by atoms with Gasteiger partial charge in [-0.3, -0.25) is 9.59 Å². The normalized spacial score (nSPS) is 14.7. The summed E-state index contributed by atoms with van der Waals surface area (Å²) in [5, 5.41) is 5.71. The van der Waals surface area contributed by atoms with Crippen molar-refractivity contribution in [1.82, 2.24) is 15.5 Å². The molecule has 0 spiro atoms. The number of rotatable bonds is 7. The molecule has 126 valence electrons. The summed E-state index contributed by atoms with van der Waals surface area (Å²) in [5.74, 6) is 0.104. The largest absolute Gasteiger partial charge is 0.368 e. The number of hydrogen-bond donors (Lipinski definition) is 2. The summed E-state index contributed by atoms with van der Waals surface area (Å²) in [6.07, 6.45) is 0.817. The van der Waals surface area contributed by atoms with Crippen LogP contribution in [0.25, 0.3) is 0 Å². The van der Waals surface area contributed by atoms with Crippen LogP contribution in [0.2, 0.25) is 0 Å². The zero-order valence-corrected chi connectivity index (χ0v) is 13.8. The minimum absolute atomic E-state index is 0.0129. The van der Waals surface area contributed by atoms with E-state index < -0.39 is 0 Å². The van der Waals surface area contributed by atoms with Crippen LogP contribution in [0.15, 0.2) is 30.3 Å². The predicted octanol–water partition coefficient (Wildman–Crippen LogP) is 0.451. The van der Waals surface area contributed by atoms with Crippen LogP contribution in [0.4, 0.5) is 5.69 Å². The number of para-hydroxylation sites is 1. The second-order valence-electron chi connectivity index (χ2n) is 5.66. The molecule has 0 atom stereocenters. The zero-order valence-electron chi connectivity index (χ0n) is 13.8. The molecule has 0 radical (unpaired) electrons. The Morgan fingerprint density at radius 3 is 2.35 bits per heavy atom. The van der Waals surface area contributed by atoms with Gasteiger partial charge < -0.3 is 20.4 Å². The molecule has 1 aliphatic rings. The molecular weight excluding hydrogens is 292 g/mol. The predicted molar refractivity (Wildman–Crippen MR) is 91.4 cm³/mol.